The molecule has 4 nitrogen and oxygen atoms in total. The van der Waals surface area contributed by atoms with Crippen LogP contribution >= 0.6 is 0 Å². The van der Waals surface area contributed by atoms with Crippen molar-refractivity contribution in [3.05, 3.63) is 72.0 Å². The van der Waals surface area contributed by atoms with Gasteiger partial charge in [-0.2, -0.15) is 0 Å². The molecule has 3 aromatic carbocycles. The Morgan fingerprint density at radius 3 is 2.10 bits per heavy atom. The molecule has 0 aliphatic heterocycles. The molecule has 0 aliphatic carbocycles. The van der Waals surface area contributed by atoms with Crippen molar-refractivity contribution in [2.24, 2.45) is 0 Å². The van der Waals surface area contributed by atoms with Crippen molar-refractivity contribution in [1.29, 1.82) is 0 Å². The summed E-state index contributed by atoms with van der Waals surface area (Å²) in [5.74, 6) is -0.640. The minimum atomic E-state index is -0.590. The van der Waals surface area contributed by atoms with Crippen LogP contribution in [-0.2, 0) is 0 Å². The third-order valence-electron chi connectivity index (χ3n) is 4.44. The number of hydrogen-bond acceptors (Lipinski definition) is 4. The Kier molecular flexibility index (Phi) is 6.26. The quantitative estimate of drug-likeness (QED) is 0.481. The predicted molar refractivity (Wildman–Crippen MR) is 112 cm³/mol. The third kappa shape index (κ3) is 4.22. The van der Waals surface area contributed by atoms with E-state index in [2.05, 4.69) is 0 Å². The first-order chi connectivity index (χ1) is 14.3. The van der Waals surface area contributed by atoms with Crippen LogP contribution in [0.25, 0.3) is 22.3 Å². The van der Waals surface area contributed by atoms with E-state index in [1.807, 2.05) is 13.8 Å². The SMILES string of the molecule is COc1cc(-c2ccc(F)cc2)c(OC)c(O)c1-c1ccc(OC=C(C)C)c(F)c1. The molecule has 0 unspecified atom stereocenters. The Morgan fingerprint density at radius 2 is 1.53 bits per heavy atom. The van der Waals surface area contributed by atoms with Crippen molar-refractivity contribution in [2.75, 3.05) is 14.2 Å². The van der Waals surface area contributed by atoms with Crippen LogP contribution in [0.3, 0.4) is 0 Å². The number of halogens is 2. The smallest absolute Gasteiger partial charge is 0.170 e. The van der Waals surface area contributed by atoms with E-state index in [0.717, 1.165) is 5.57 Å². The lowest BCUT2D eigenvalue weighted by Gasteiger charge is -2.18. The summed E-state index contributed by atoms with van der Waals surface area (Å²) in [5, 5.41) is 10.9. The number of benzene rings is 3. The van der Waals surface area contributed by atoms with Gasteiger partial charge in [0, 0.05) is 5.56 Å². The largest absolute Gasteiger partial charge is 0.504 e. The number of phenols is 1. The first-order valence-electron chi connectivity index (χ1n) is 9.19. The Bertz CT molecular complexity index is 1090. The van der Waals surface area contributed by atoms with Crippen molar-refractivity contribution >= 4 is 0 Å². The number of allylic oxidation sites excluding steroid dienone is 1. The van der Waals surface area contributed by atoms with Gasteiger partial charge in [-0.05, 0) is 60.9 Å². The number of phenolic OH excluding ortho intramolecular Hbond substituents is 1. The minimum Gasteiger partial charge on any atom is -0.504 e. The van der Waals surface area contributed by atoms with Gasteiger partial charge in [0.15, 0.2) is 23.1 Å². The molecule has 30 heavy (non-hydrogen) atoms. The number of hydrogen-bond donors (Lipinski definition) is 1. The molecular weight excluding hydrogens is 390 g/mol. The van der Waals surface area contributed by atoms with E-state index in [-0.39, 0.29) is 28.6 Å². The van der Waals surface area contributed by atoms with Crippen LogP contribution in [-0.4, -0.2) is 19.3 Å². The van der Waals surface area contributed by atoms with Gasteiger partial charge in [-0.3, -0.25) is 0 Å². The molecule has 0 heterocycles. The molecule has 0 bridgehead atoms. The van der Waals surface area contributed by atoms with Gasteiger partial charge in [0.05, 0.1) is 26.0 Å². The van der Waals surface area contributed by atoms with Crippen LogP contribution in [0.4, 0.5) is 8.78 Å². The zero-order valence-corrected chi connectivity index (χ0v) is 17.1. The van der Waals surface area contributed by atoms with Crippen molar-refractivity contribution in [3.63, 3.8) is 0 Å². The average molecular weight is 412 g/mol. The molecule has 0 radical (unpaired) electrons. The fourth-order valence-electron chi connectivity index (χ4n) is 3.05. The minimum absolute atomic E-state index is 0.0632. The predicted octanol–water partition coefficient (Wildman–Crippen LogP) is 6.32. The fraction of sp³-hybridized carbons (Fsp3) is 0.167. The first kappa shape index (κ1) is 21.2. The summed E-state index contributed by atoms with van der Waals surface area (Å²) in [4.78, 5) is 0. The van der Waals surface area contributed by atoms with Gasteiger partial charge in [0.1, 0.15) is 11.6 Å². The van der Waals surface area contributed by atoms with Crippen molar-refractivity contribution < 1.29 is 28.1 Å². The number of rotatable bonds is 6. The van der Waals surface area contributed by atoms with Crippen LogP contribution in [0.5, 0.6) is 23.0 Å². The van der Waals surface area contributed by atoms with E-state index in [1.165, 1.54) is 44.7 Å². The molecule has 156 valence electrons. The van der Waals surface area contributed by atoms with E-state index >= 15 is 0 Å². The van der Waals surface area contributed by atoms with Gasteiger partial charge in [0.2, 0.25) is 0 Å². The zero-order chi connectivity index (χ0) is 21.8. The lowest BCUT2D eigenvalue weighted by atomic mass is 9.96. The Balaban J connectivity index is 2.15. The molecule has 0 fully saturated rings. The van der Waals surface area contributed by atoms with E-state index in [0.29, 0.717) is 22.4 Å². The normalized spacial score (nSPS) is 10.5. The molecule has 0 amide bonds. The maximum atomic E-state index is 14.6. The van der Waals surface area contributed by atoms with Gasteiger partial charge in [-0.15, -0.1) is 0 Å². The monoisotopic (exact) mass is 412 g/mol. The fourth-order valence-corrected chi connectivity index (χ4v) is 3.05. The molecule has 0 spiro atoms. The van der Waals surface area contributed by atoms with E-state index in [9.17, 15) is 13.9 Å². The van der Waals surface area contributed by atoms with Crippen molar-refractivity contribution in [1.82, 2.24) is 0 Å². The molecule has 1 N–H and O–H groups in total. The first-order valence-corrected chi connectivity index (χ1v) is 9.19. The summed E-state index contributed by atoms with van der Waals surface area (Å²) in [6.07, 6.45) is 1.46. The second-order valence-corrected chi connectivity index (χ2v) is 6.85. The van der Waals surface area contributed by atoms with Gasteiger partial charge in [-0.25, -0.2) is 8.78 Å². The van der Waals surface area contributed by atoms with Gasteiger partial charge < -0.3 is 19.3 Å². The van der Waals surface area contributed by atoms with Crippen LogP contribution in [0.15, 0.2) is 60.4 Å². The van der Waals surface area contributed by atoms with Crippen molar-refractivity contribution in [3.8, 4) is 45.3 Å². The summed E-state index contributed by atoms with van der Waals surface area (Å²) >= 11 is 0. The lowest BCUT2D eigenvalue weighted by molar-refractivity contribution is 0.369. The van der Waals surface area contributed by atoms with Gasteiger partial charge in [0.25, 0.3) is 0 Å². The highest BCUT2D eigenvalue weighted by atomic mass is 19.1. The van der Waals surface area contributed by atoms with E-state index < -0.39 is 5.82 Å². The average Bonchev–Trinajstić information content (AvgIpc) is 2.72. The van der Waals surface area contributed by atoms with Crippen molar-refractivity contribution in [2.45, 2.75) is 13.8 Å². The zero-order valence-electron chi connectivity index (χ0n) is 17.1. The maximum absolute atomic E-state index is 14.6. The van der Waals surface area contributed by atoms with Crippen LogP contribution in [0.2, 0.25) is 0 Å². The standard InChI is InChI=1S/C24H22F2O4/c1-14(2)13-30-20-10-7-16(11-19(20)26)22-21(28-3)12-18(24(29-4)23(22)27)15-5-8-17(25)9-6-15/h5-13,27H,1-4H3. The van der Waals surface area contributed by atoms with Gasteiger partial charge >= 0.3 is 0 Å². The third-order valence-corrected chi connectivity index (χ3v) is 4.44. The lowest BCUT2D eigenvalue weighted by Crippen LogP contribution is -1.96. The second kappa shape index (κ2) is 8.86. The summed E-state index contributed by atoms with van der Waals surface area (Å²) in [7, 11) is 2.86. The molecule has 0 saturated carbocycles. The molecule has 0 aromatic heterocycles. The van der Waals surface area contributed by atoms with Crippen LogP contribution in [0.1, 0.15) is 13.8 Å². The van der Waals surface area contributed by atoms with E-state index in [4.69, 9.17) is 14.2 Å². The topological polar surface area (TPSA) is 47.9 Å². The van der Waals surface area contributed by atoms with Gasteiger partial charge in [-0.1, -0.05) is 18.2 Å². The van der Waals surface area contributed by atoms with Crippen LogP contribution < -0.4 is 14.2 Å². The Labute approximate surface area is 174 Å². The highest BCUT2D eigenvalue weighted by molar-refractivity contribution is 5.87. The summed E-state index contributed by atoms with van der Waals surface area (Å²) < 4.78 is 44.1. The molecule has 0 saturated heterocycles. The van der Waals surface area contributed by atoms with Crippen LogP contribution in [0, 0.1) is 11.6 Å². The number of aromatic hydroxyl groups is 1. The molecule has 6 heteroatoms. The summed E-state index contributed by atoms with van der Waals surface area (Å²) in [5.41, 5.74) is 2.69. The summed E-state index contributed by atoms with van der Waals surface area (Å²) in [6.45, 7) is 3.67. The molecule has 3 aromatic rings. The molecule has 0 aliphatic rings. The Morgan fingerprint density at radius 1 is 0.867 bits per heavy atom. The molecule has 3 rings (SSSR count). The molecular formula is C24H22F2O4. The number of ether oxygens (including phenoxy) is 3. The molecule has 0 atom stereocenters. The highest BCUT2D eigenvalue weighted by Gasteiger charge is 2.22. The highest BCUT2D eigenvalue weighted by Crippen LogP contribution is 2.49. The second-order valence-electron chi connectivity index (χ2n) is 6.85. The maximum Gasteiger partial charge on any atom is 0.170 e. The Hall–Kier alpha value is -3.54. The van der Waals surface area contributed by atoms with E-state index in [1.54, 1.807) is 24.3 Å². The summed E-state index contributed by atoms with van der Waals surface area (Å²) in [6, 6.07) is 11.8. The number of methoxy groups -OCH3 is 2.